The van der Waals surface area contributed by atoms with Gasteiger partial charge >= 0.3 is 16.1 Å². The SMILES string of the molecule is C=C(C)C(=O)OS(=O)(=O)CCN(C)C. The normalized spacial score (nSPS) is 11.4. The molecule has 0 aromatic heterocycles. The van der Waals surface area contributed by atoms with Crippen molar-refractivity contribution in [2.75, 3.05) is 26.4 Å². The zero-order valence-corrected chi connectivity index (χ0v) is 9.43. The second-order valence-corrected chi connectivity index (χ2v) is 4.91. The van der Waals surface area contributed by atoms with Gasteiger partial charge in [0.05, 0.1) is 5.75 Å². The molecule has 0 aliphatic heterocycles. The largest absolute Gasteiger partial charge is 0.348 e. The minimum Gasteiger partial charge on any atom is -0.342 e. The van der Waals surface area contributed by atoms with Crippen LogP contribution < -0.4 is 0 Å². The van der Waals surface area contributed by atoms with Crippen molar-refractivity contribution in [2.45, 2.75) is 6.92 Å². The van der Waals surface area contributed by atoms with Gasteiger partial charge in [-0.05, 0) is 21.0 Å². The Kier molecular flexibility index (Phi) is 4.79. The van der Waals surface area contributed by atoms with E-state index in [0.717, 1.165) is 0 Å². The average molecular weight is 221 g/mol. The smallest absolute Gasteiger partial charge is 0.342 e. The van der Waals surface area contributed by atoms with Crippen LogP contribution >= 0.6 is 0 Å². The van der Waals surface area contributed by atoms with E-state index in [4.69, 9.17) is 0 Å². The third kappa shape index (κ3) is 5.71. The molecule has 0 atom stereocenters. The molecule has 0 unspecified atom stereocenters. The highest BCUT2D eigenvalue weighted by atomic mass is 32.2. The number of carbonyl (C=O) groups is 1. The molecule has 0 N–H and O–H groups in total. The Morgan fingerprint density at radius 2 is 1.93 bits per heavy atom. The van der Waals surface area contributed by atoms with Crippen LogP contribution in [0.2, 0.25) is 0 Å². The van der Waals surface area contributed by atoms with Crippen molar-refractivity contribution in [3.8, 4) is 0 Å². The van der Waals surface area contributed by atoms with Gasteiger partial charge in [0, 0.05) is 12.1 Å². The van der Waals surface area contributed by atoms with E-state index in [1.54, 1.807) is 19.0 Å². The predicted molar refractivity (Wildman–Crippen MR) is 53.2 cm³/mol. The molecule has 0 amide bonds. The first-order valence-electron chi connectivity index (χ1n) is 4.01. The van der Waals surface area contributed by atoms with Crippen LogP contribution in [0.15, 0.2) is 12.2 Å². The lowest BCUT2D eigenvalue weighted by atomic mass is 10.4. The van der Waals surface area contributed by atoms with Crippen LogP contribution in [0.3, 0.4) is 0 Å². The van der Waals surface area contributed by atoms with Crippen molar-refractivity contribution >= 4 is 16.1 Å². The fourth-order valence-electron chi connectivity index (χ4n) is 0.522. The van der Waals surface area contributed by atoms with Gasteiger partial charge in [-0.15, -0.1) is 0 Å². The maximum atomic E-state index is 11.1. The van der Waals surface area contributed by atoms with Gasteiger partial charge in [-0.25, -0.2) is 4.79 Å². The molecular weight excluding hydrogens is 206 g/mol. The first-order valence-corrected chi connectivity index (χ1v) is 5.59. The Balaban J connectivity index is 4.22. The highest BCUT2D eigenvalue weighted by Gasteiger charge is 2.17. The quantitative estimate of drug-likeness (QED) is 0.483. The average Bonchev–Trinajstić information content (AvgIpc) is 2.00. The fraction of sp³-hybridized carbons (Fsp3) is 0.625. The Morgan fingerprint density at radius 3 is 2.29 bits per heavy atom. The van der Waals surface area contributed by atoms with E-state index in [1.165, 1.54) is 6.92 Å². The molecule has 14 heavy (non-hydrogen) atoms. The molecule has 0 radical (unpaired) electrons. The predicted octanol–water partition coefficient (Wildman–Crippen LogP) is -0.00290. The zero-order chi connectivity index (χ0) is 11.4. The van der Waals surface area contributed by atoms with Gasteiger partial charge in [0.15, 0.2) is 0 Å². The summed E-state index contributed by atoms with van der Waals surface area (Å²) in [7, 11) is -0.308. The molecule has 0 aromatic carbocycles. The van der Waals surface area contributed by atoms with Crippen molar-refractivity contribution in [2.24, 2.45) is 0 Å². The summed E-state index contributed by atoms with van der Waals surface area (Å²) in [5.74, 6) is -1.11. The minimum atomic E-state index is -3.77. The highest BCUT2D eigenvalue weighted by molar-refractivity contribution is 7.87. The van der Waals surface area contributed by atoms with Gasteiger partial charge < -0.3 is 9.08 Å². The van der Waals surface area contributed by atoms with E-state index in [1.807, 2.05) is 0 Å². The summed E-state index contributed by atoms with van der Waals surface area (Å²) in [5, 5.41) is 0. The lowest BCUT2D eigenvalue weighted by molar-refractivity contribution is -0.129. The summed E-state index contributed by atoms with van der Waals surface area (Å²) in [4.78, 5) is 12.6. The highest BCUT2D eigenvalue weighted by Crippen LogP contribution is 2.00. The zero-order valence-electron chi connectivity index (χ0n) is 8.61. The van der Waals surface area contributed by atoms with Gasteiger partial charge in [-0.1, -0.05) is 6.58 Å². The number of nitrogens with zero attached hydrogens (tertiary/aromatic N) is 1. The molecular formula is C8H15NO4S. The van der Waals surface area contributed by atoms with E-state index < -0.39 is 16.1 Å². The first kappa shape index (κ1) is 13.1. The van der Waals surface area contributed by atoms with Crippen LogP contribution in [0, 0.1) is 0 Å². The number of hydrogen-bond donors (Lipinski definition) is 0. The lowest BCUT2D eigenvalue weighted by Crippen LogP contribution is -2.25. The summed E-state index contributed by atoms with van der Waals surface area (Å²) in [6, 6.07) is 0. The van der Waals surface area contributed by atoms with E-state index in [2.05, 4.69) is 10.8 Å². The Labute approximate surface area is 84.5 Å². The van der Waals surface area contributed by atoms with Crippen LogP contribution in [-0.2, 0) is 19.1 Å². The summed E-state index contributed by atoms with van der Waals surface area (Å²) in [6.45, 7) is 4.99. The molecule has 0 aliphatic rings. The van der Waals surface area contributed by atoms with Gasteiger partial charge in [-0.3, -0.25) is 0 Å². The minimum absolute atomic E-state index is 0.0680. The molecule has 0 fully saturated rings. The van der Waals surface area contributed by atoms with Crippen LogP contribution in [0.5, 0.6) is 0 Å². The molecule has 0 rings (SSSR count). The number of rotatable bonds is 5. The number of carbonyl (C=O) groups excluding carboxylic acids is 1. The van der Waals surface area contributed by atoms with Crippen LogP contribution in [0.4, 0.5) is 0 Å². The summed E-state index contributed by atoms with van der Waals surface area (Å²) in [6.07, 6.45) is 0. The molecule has 0 aromatic rings. The topological polar surface area (TPSA) is 63.7 Å². The monoisotopic (exact) mass is 221 g/mol. The second kappa shape index (κ2) is 5.11. The molecule has 0 bridgehead atoms. The van der Waals surface area contributed by atoms with E-state index in [-0.39, 0.29) is 11.3 Å². The van der Waals surface area contributed by atoms with Crippen molar-refractivity contribution in [1.82, 2.24) is 4.90 Å². The van der Waals surface area contributed by atoms with E-state index in [0.29, 0.717) is 6.54 Å². The van der Waals surface area contributed by atoms with Gasteiger partial charge in [0.1, 0.15) is 0 Å². The Hall–Kier alpha value is -0.880. The molecule has 0 aliphatic carbocycles. The molecule has 0 spiro atoms. The van der Waals surface area contributed by atoms with Gasteiger partial charge in [-0.2, -0.15) is 8.42 Å². The van der Waals surface area contributed by atoms with Crippen LogP contribution in [0.1, 0.15) is 6.92 Å². The van der Waals surface area contributed by atoms with Crippen molar-refractivity contribution in [3.05, 3.63) is 12.2 Å². The maximum Gasteiger partial charge on any atom is 0.348 e. The Morgan fingerprint density at radius 1 is 1.43 bits per heavy atom. The van der Waals surface area contributed by atoms with E-state index >= 15 is 0 Å². The molecule has 6 heteroatoms. The Bertz CT molecular complexity index is 318. The molecule has 0 saturated carbocycles. The van der Waals surface area contributed by atoms with Crippen LogP contribution in [0.25, 0.3) is 0 Å². The third-order valence-electron chi connectivity index (χ3n) is 1.34. The molecule has 82 valence electrons. The molecule has 5 nitrogen and oxygen atoms in total. The first-order chi connectivity index (χ1) is 6.24. The lowest BCUT2D eigenvalue weighted by Gasteiger charge is -2.09. The van der Waals surface area contributed by atoms with Crippen LogP contribution in [-0.4, -0.2) is 45.7 Å². The summed E-state index contributed by atoms with van der Waals surface area (Å²) < 4.78 is 26.5. The molecule has 0 heterocycles. The standard InChI is InChI=1S/C8H15NO4S/c1-7(2)8(10)13-14(11,12)6-5-9(3)4/h1,5-6H2,2-4H3. The van der Waals surface area contributed by atoms with Gasteiger partial charge in [0.25, 0.3) is 0 Å². The third-order valence-corrected chi connectivity index (χ3v) is 2.43. The number of hydrogen-bond acceptors (Lipinski definition) is 5. The molecule has 0 saturated heterocycles. The fourth-order valence-corrected chi connectivity index (χ4v) is 1.57. The van der Waals surface area contributed by atoms with Crippen molar-refractivity contribution < 1.29 is 17.4 Å². The second-order valence-electron chi connectivity index (χ2n) is 3.22. The van der Waals surface area contributed by atoms with Crippen molar-refractivity contribution in [1.29, 1.82) is 0 Å². The van der Waals surface area contributed by atoms with Crippen molar-refractivity contribution in [3.63, 3.8) is 0 Å². The summed E-state index contributed by atoms with van der Waals surface area (Å²) >= 11 is 0. The van der Waals surface area contributed by atoms with Gasteiger partial charge in [0.2, 0.25) is 0 Å². The summed E-state index contributed by atoms with van der Waals surface area (Å²) in [5.41, 5.74) is 0.0680. The van der Waals surface area contributed by atoms with E-state index in [9.17, 15) is 13.2 Å². The maximum absolute atomic E-state index is 11.1.